The molecule has 1 N–H and O–H groups in total. The molecule has 0 saturated carbocycles. The SMILES string of the molecule is Cc1ncccc1-c1nc2cc(C(=O)NCC(C)C)ccc2o1. The van der Waals surface area contributed by atoms with Crippen LogP contribution in [0.1, 0.15) is 29.9 Å². The highest BCUT2D eigenvalue weighted by molar-refractivity contribution is 5.97. The molecule has 5 heteroatoms. The molecule has 23 heavy (non-hydrogen) atoms. The fraction of sp³-hybridized carbons (Fsp3) is 0.278. The molecule has 0 aliphatic carbocycles. The van der Waals surface area contributed by atoms with Gasteiger partial charge in [0.2, 0.25) is 5.89 Å². The summed E-state index contributed by atoms with van der Waals surface area (Å²) in [4.78, 5) is 20.9. The van der Waals surface area contributed by atoms with Crippen molar-refractivity contribution in [1.29, 1.82) is 0 Å². The first-order valence-electron chi connectivity index (χ1n) is 7.65. The quantitative estimate of drug-likeness (QED) is 0.799. The summed E-state index contributed by atoms with van der Waals surface area (Å²) in [6.45, 7) is 6.68. The molecule has 1 aromatic carbocycles. The Balaban J connectivity index is 1.92. The molecule has 0 bridgehead atoms. The van der Waals surface area contributed by atoms with Crippen molar-refractivity contribution in [2.45, 2.75) is 20.8 Å². The smallest absolute Gasteiger partial charge is 0.251 e. The van der Waals surface area contributed by atoms with Crippen molar-refractivity contribution in [2.24, 2.45) is 5.92 Å². The van der Waals surface area contributed by atoms with Gasteiger partial charge in [0.15, 0.2) is 5.58 Å². The van der Waals surface area contributed by atoms with Crippen molar-refractivity contribution in [3.63, 3.8) is 0 Å². The Labute approximate surface area is 134 Å². The maximum atomic E-state index is 12.1. The van der Waals surface area contributed by atoms with E-state index in [1.807, 2.05) is 19.1 Å². The van der Waals surface area contributed by atoms with Gasteiger partial charge in [0.25, 0.3) is 5.91 Å². The maximum absolute atomic E-state index is 12.1. The molecular weight excluding hydrogens is 290 g/mol. The summed E-state index contributed by atoms with van der Waals surface area (Å²) in [5.74, 6) is 0.836. The number of fused-ring (bicyclic) bond motifs is 1. The van der Waals surface area contributed by atoms with E-state index in [0.29, 0.717) is 35.0 Å². The molecule has 5 nitrogen and oxygen atoms in total. The van der Waals surface area contributed by atoms with E-state index in [1.54, 1.807) is 24.4 Å². The number of amides is 1. The summed E-state index contributed by atoms with van der Waals surface area (Å²) >= 11 is 0. The van der Waals surface area contributed by atoms with Crippen LogP contribution in [0, 0.1) is 12.8 Å². The van der Waals surface area contributed by atoms with Gasteiger partial charge in [-0.1, -0.05) is 13.8 Å². The van der Waals surface area contributed by atoms with Crippen molar-refractivity contribution in [1.82, 2.24) is 15.3 Å². The molecule has 0 spiro atoms. The first-order chi connectivity index (χ1) is 11.0. The highest BCUT2D eigenvalue weighted by Gasteiger charge is 2.13. The van der Waals surface area contributed by atoms with Gasteiger partial charge in [0.05, 0.1) is 5.56 Å². The second-order valence-electron chi connectivity index (χ2n) is 5.94. The van der Waals surface area contributed by atoms with E-state index in [4.69, 9.17) is 4.42 Å². The Morgan fingerprint density at radius 2 is 2.13 bits per heavy atom. The summed E-state index contributed by atoms with van der Waals surface area (Å²) in [5.41, 5.74) is 3.62. The number of nitrogens with zero attached hydrogens (tertiary/aromatic N) is 2. The minimum absolute atomic E-state index is 0.0947. The second kappa shape index (κ2) is 6.20. The zero-order chi connectivity index (χ0) is 16.4. The molecule has 0 radical (unpaired) electrons. The van der Waals surface area contributed by atoms with Gasteiger partial charge in [-0.2, -0.15) is 0 Å². The van der Waals surface area contributed by atoms with Gasteiger partial charge >= 0.3 is 0 Å². The molecule has 118 valence electrons. The topological polar surface area (TPSA) is 68.0 Å². The lowest BCUT2D eigenvalue weighted by atomic mass is 10.1. The molecule has 2 aromatic heterocycles. The Morgan fingerprint density at radius 3 is 2.87 bits per heavy atom. The molecule has 0 fully saturated rings. The summed E-state index contributed by atoms with van der Waals surface area (Å²) in [5, 5.41) is 2.90. The first kappa shape index (κ1) is 15.2. The average Bonchev–Trinajstić information content (AvgIpc) is 2.95. The van der Waals surface area contributed by atoms with Crippen molar-refractivity contribution in [2.75, 3.05) is 6.54 Å². The van der Waals surface area contributed by atoms with Gasteiger partial charge in [-0.15, -0.1) is 0 Å². The van der Waals surface area contributed by atoms with Gasteiger partial charge in [0, 0.05) is 24.0 Å². The summed E-state index contributed by atoms with van der Waals surface area (Å²) in [7, 11) is 0. The van der Waals surface area contributed by atoms with Crippen LogP contribution in [-0.4, -0.2) is 22.4 Å². The molecule has 0 atom stereocenters. The molecule has 3 rings (SSSR count). The van der Waals surface area contributed by atoms with Crippen molar-refractivity contribution in [3.8, 4) is 11.5 Å². The number of hydrogen-bond acceptors (Lipinski definition) is 4. The molecule has 3 aromatic rings. The maximum Gasteiger partial charge on any atom is 0.251 e. The highest BCUT2D eigenvalue weighted by atomic mass is 16.3. The van der Waals surface area contributed by atoms with E-state index in [1.165, 1.54) is 0 Å². The lowest BCUT2D eigenvalue weighted by Crippen LogP contribution is -2.27. The number of rotatable bonds is 4. The number of carbonyl (C=O) groups excluding carboxylic acids is 1. The lowest BCUT2D eigenvalue weighted by Gasteiger charge is -2.07. The second-order valence-corrected chi connectivity index (χ2v) is 5.94. The van der Waals surface area contributed by atoms with E-state index >= 15 is 0 Å². The zero-order valence-electron chi connectivity index (χ0n) is 13.5. The number of aryl methyl sites for hydroxylation is 1. The Hall–Kier alpha value is -2.69. The third-order valence-corrected chi connectivity index (χ3v) is 3.56. The van der Waals surface area contributed by atoms with Crippen LogP contribution in [0.5, 0.6) is 0 Å². The number of oxazole rings is 1. The summed E-state index contributed by atoms with van der Waals surface area (Å²) < 4.78 is 5.79. The third-order valence-electron chi connectivity index (χ3n) is 3.56. The van der Waals surface area contributed by atoms with E-state index in [2.05, 4.69) is 29.1 Å². The molecular formula is C18H19N3O2. The molecule has 0 aliphatic rings. The van der Waals surface area contributed by atoms with Gasteiger partial charge in [-0.25, -0.2) is 4.98 Å². The van der Waals surface area contributed by atoms with Gasteiger partial charge < -0.3 is 9.73 Å². The number of benzene rings is 1. The fourth-order valence-electron chi connectivity index (χ4n) is 2.29. The van der Waals surface area contributed by atoms with E-state index in [0.717, 1.165) is 11.3 Å². The number of carbonyl (C=O) groups is 1. The van der Waals surface area contributed by atoms with E-state index in [-0.39, 0.29) is 5.91 Å². The van der Waals surface area contributed by atoms with Crippen molar-refractivity contribution in [3.05, 3.63) is 47.8 Å². The minimum atomic E-state index is -0.0947. The lowest BCUT2D eigenvalue weighted by molar-refractivity contribution is 0.0949. The predicted octanol–water partition coefficient (Wildman–Crippen LogP) is 3.58. The van der Waals surface area contributed by atoms with Crippen molar-refractivity contribution < 1.29 is 9.21 Å². The molecule has 1 amide bonds. The average molecular weight is 309 g/mol. The van der Waals surface area contributed by atoms with Crippen LogP contribution in [0.15, 0.2) is 40.9 Å². The van der Waals surface area contributed by atoms with Crippen molar-refractivity contribution >= 4 is 17.0 Å². The molecule has 0 saturated heterocycles. The van der Waals surface area contributed by atoms with Crippen LogP contribution in [0.4, 0.5) is 0 Å². The Morgan fingerprint density at radius 1 is 1.30 bits per heavy atom. The van der Waals surface area contributed by atoms with Crippen LogP contribution in [-0.2, 0) is 0 Å². The summed E-state index contributed by atoms with van der Waals surface area (Å²) in [6.07, 6.45) is 1.73. The normalized spacial score (nSPS) is 11.1. The monoisotopic (exact) mass is 309 g/mol. The molecule has 2 heterocycles. The fourth-order valence-corrected chi connectivity index (χ4v) is 2.29. The van der Waals surface area contributed by atoms with E-state index < -0.39 is 0 Å². The van der Waals surface area contributed by atoms with Gasteiger partial charge in [-0.3, -0.25) is 9.78 Å². The summed E-state index contributed by atoms with van der Waals surface area (Å²) in [6, 6.07) is 9.06. The highest BCUT2D eigenvalue weighted by Crippen LogP contribution is 2.26. The van der Waals surface area contributed by atoms with E-state index in [9.17, 15) is 4.79 Å². The predicted molar refractivity (Wildman–Crippen MR) is 89.1 cm³/mol. The first-order valence-corrected chi connectivity index (χ1v) is 7.65. The van der Waals surface area contributed by atoms with Crippen LogP contribution < -0.4 is 5.32 Å². The van der Waals surface area contributed by atoms with Gasteiger partial charge in [0.1, 0.15) is 5.52 Å². The van der Waals surface area contributed by atoms with Crippen LogP contribution in [0.2, 0.25) is 0 Å². The van der Waals surface area contributed by atoms with Crippen LogP contribution >= 0.6 is 0 Å². The number of aromatic nitrogens is 2. The zero-order valence-corrected chi connectivity index (χ0v) is 13.5. The Bertz CT molecular complexity index is 852. The number of pyridine rings is 1. The standard InChI is InChI=1S/C18H19N3O2/c1-11(2)10-20-17(22)13-6-7-16-15(9-13)21-18(23-16)14-5-4-8-19-12(14)3/h4-9,11H,10H2,1-3H3,(H,20,22). The Kier molecular flexibility index (Phi) is 4.10. The minimum Gasteiger partial charge on any atom is -0.436 e. The molecule has 0 aliphatic heterocycles. The van der Waals surface area contributed by atoms with Crippen LogP contribution in [0.3, 0.4) is 0 Å². The van der Waals surface area contributed by atoms with Crippen LogP contribution in [0.25, 0.3) is 22.6 Å². The van der Waals surface area contributed by atoms with Gasteiger partial charge in [-0.05, 0) is 43.2 Å². The largest absolute Gasteiger partial charge is 0.436 e. The third kappa shape index (κ3) is 3.23. The molecule has 0 unspecified atom stereocenters. The number of nitrogens with one attached hydrogen (secondary N) is 1. The number of hydrogen-bond donors (Lipinski definition) is 1.